The third-order valence-electron chi connectivity index (χ3n) is 1.86. The van der Waals surface area contributed by atoms with Crippen molar-refractivity contribution in [2.75, 3.05) is 6.54 Å². The van der Waals surface area contributed by atoms with Gasteiger partial charge in [0.1, 0.15) is 0 Å². The van der Waals surface area contributed by atoms with Gasteiger partial charge in [-0.15, -0.1) is 0 Å². The average Bonchev–Trinajstić information content (AvgIpc) is 2.29. The highest BCUT2D eigenvalue weighted by Gasteiger charge is 2.23. The van der Waals surface area contributed by atoms with Crippen LogP contribution in [-0.2, 0) is 6.42 Å². The zero-order valence-electron chi connectivity index (χ0n) is 6.08. The second kappa shape index (κ2) is 2.88. The molecular formula is C7H6Br2N2O. The van der Waals surface area contributed by atoms with Crippen LogP contribution in [0.25, 0.3) is 0 Å². The second-order valence-electron chi connectivity index (χ2n) is 2.61. The van der Waals surface area contributed by atoms with Gasteiger partial charge in [-0.3, -0.25) is 4.79 Å². The number of hydrogen-bond acceptors (Lipinski definition) is 1. The Balaban J connectivity index is 2.61. The standard InChI is InChI=1S/C7H6Br2N2O/c8-5-4-3(11-6(5)9)1-2-10-7(4)12/h11H,1-2H2,(H,10,12). The first-order chi connectivity index (χ1) is 5.70. The molecule has 1 aliphatic rings. The zero-order valence-corrected chi connectivity index (χ0v) is 9.25. The summed E-state index contributed by atoms with van der Waals surface area (Å²) in [4.78, 5) is 14.4. The number of carbonyl (C=O) groups is 1. The lowest BCUT2D eigenvalue weighted by Gasteiger charge is -2.11. The molecule has 0 saturated heterocycles. The molecule has 0 atom stereocenters. The van der Waals surface area contributed by atoms with E-state index in [-0.39, 0.29) is 5.91 Å². The molecule has 2 N–H and O–H groups in total. The summed E-state index contributed by atoms with van der Waals surface area (Å²) in [5, 5.41) is 2.78. The highest BCUT2D eigenvalue weighted by Crippen LogP contribution is 2.30. The molecule has 1 aliphatic heterocycles. The molecule has 1 amide bonds. The molecule has 2 rings (SSSR count). The minimum atomic E-state index is -0.00919. The number of amides is 1. The zero-order chi connectivity index (χ0) is 8.72. The summed E-state index contributed by atoms with van der Waals surface area (Å²) in [7, 11) is 0. The van der Waals surface area contributed by atoms with Gasteiger partial charge in [0.25, 0.3) is 5.91 Å². The van der Waals surface area contributed by atoms with Gasteiger partial charge in [0, 0.05) is 18.7 Å². The van der Waals surface area contributed by atoms with Gasteiger partial charge in [0.2, 0.25) is 0 Å². The van der Waals surface area contributed by atoms with Gasteiger partial charge in [-0.2, -0.15) is 0 Å². The Hall–Kier alpha value is -0.290. The lowest BCUT2D eigenvalue weighted by atomic mass is 10.1. The monoisotopic (exact) mass is 292 g/mol. The normalized spacial score (nSPS) is 15.7. The predicted molar refractivity (Wildman–Crippen MR) is 52.2 cm³/mol. The topological polar surface area (TPSA) is 44.9 Å². The molecule has 0 fully saturated rings. The fraction of sp³-hybridized carbons (Fsp3) is 0.286. The molecule has 64 valence electrons. The molecule has 2 heterocycles. The maximum Gasteiger partial charge on any atom is 0.254 e. The second-order valence-corrected chi connectivity index (χ2v) is 4.20. The van der Waals surface area contributed by atoms with Gasteiger partial charge in [0.05, 0.1) is 14.6 Å². The summed E-state index contributed by atoms with van der Waals surface area (Å²) < 4.78 is 1.65. The van der Waals surface area contributed by atoms with Crippen LogP contribution >= 0.6 is 31.9 Å². The SMILES string of the molecule is O=C1NCCc2[nH]c(Br)c(Br)c21. The van der Waals surface area contributed by atoms with Crippen LogP contribution in [0.2, 0.25) is 0 Å². The van der Waals surface area contributed by atoms with Crippen LogP contribution in [-0.4, -0.2) is 17.4 Å². The van der Waals surface area contributed by atoms with Gasteiger partial charge < -0.3 is 10.3 Å². The molecule has 0 aromatic carbocycles. The van der Waals surface area contributed by atoms with Crippen molar-refractivity contribution in [3.05, 3.63) is 20.3 Å². The Morgan fingerprint density at radius 3 is 2.75 bits per heavy atom. The van der Waals surface area contributed by atoms with E-state index in [1.54, 1.807) is 0 Å². The molecule has 0 radical (unpaired) electrons. The fourth-order valence-corrected chi connectivity index (χ4v) is 2.26. The predicted octanol–water partition coefficient (Wildman–Crippen LogP) is 1.83. The number of aromatic amines is 1. The van der Waals surface area contributed by atoms with E-state index in [9.17, 15) is 4.79 Å². The molecule has 3 nitrogen and oxygen atoms in total. The summed E-state index contributed by atoms with van der Waals surface area (Å²) in [5.41, 5.74) is 1.73. The summed E-state index contributed by atoms with van der Waals surface area (Å²) in [6.45, 7) is 0.714. The van der Waals surface area contributed by atoms with Crippen molar-refractivity contribution in [3.8, 4) is 0 Å². The Bertz CT molecular complexity index is 345. The van der Waals surface area contributed by atoms with Gasteiger partial charge in [-0.05, 0) is 31.9 Å². The van der Waals surface area contributed by atoms with Crippen LogP contribution in [0, 0.1) is 0 Å². The molecule has 0 saturated carbocycles. The maximum absolute atomic E-state index is 11.3. The summed E-state index contributed by atoms with van der Waals surface area (Å²) in [6, 6.07) is 0. The number of halogens is 2. The van der Waals surface area contributed by atoms with Crippen LogP contribution in [0.15, 0.2) is 9.08 Å². The van der Waals surface area contributed by atoms with Crippen molar-refractivity contribution in [1.82, 2.24) is 10.3 Å². The van der Waals surface area contributed by atoms with Crippen molar-refractivity contribution >= 4 is 37.8 Å². The molecular weight excluding hydrogens is 288 g/mol. The molecule has 0 spiro atoms. The summed E-state index contributed by atoms with van der Waals surface area (Å²) in [6.07, 6.45) is 0.866. The Morgan fingerprint density at radius 2 is 2.08 bits per heavy atom. The number of hydrogen-bond donors (Lipinski definition) is 2. The largest absolute Gasteiger partial charge is 0.352 e. The lowest BCUT2D eigenvalue weighted by molar-refractivity contribution is 0.0945. The van der Waals surface area contributed by atoms with Gasteiger partial charge in [-0.1, -0.05) is 0 Å². The molecule has 0 aliphatic carbocycles. The molecule has 0 unspecified atom stereocenters. The maximum atomic E-state index is 11.3. The average molecular weight is 294 g/mol. The first-order valence-corrected chi connectivity index (χ1v) is 5.13. The fourth-order valence-electron chi connectivity index (χ4n) is 1.31. The van der Waals surface area contributed by atoms with Crippen molar-refractivity contribution < 1.29 is 4.79 Å². The summed E-state index contributed by atoms with van der Waals surface area (Å²) in [5.74, 6) is -0.00919. The van der Waals surface area contributed by atoms with E-state index in [1.807, 2.05) is 0 Å². The van der Waals surface area contributed by atoms with E-state index >= 15 is 0 Å². The van der Waals surface area contributed by atoms with E-state index in [4.69, 9.17) is 0 Å². The van der Waals surface area contributed by atoms with Crippen LogP contribution in [0.4, 0.5) is 0 Å². The van der Waals surface area contributed by atoms with E-state index in [2.05, 4.69) is 42.2 Å². The van der Waals surface area contributed by atoms with Crippen LogP contribution < -0.4 is 5.32 Å². The lowest BCUT2D eigenvalue weighted by Crippen LogP contribution is -2.31. The minimum absolute atomic E-state index is 0.00919. The number of nitrogens with one attached hydrogen (secondary N) is 2. The number of carbonyl (C=O) groups excluding carboxylic acids is 1. The van der Waals surface area contributed by atoms with Gasteiger partial charge in [-0.25, -0.2) is 0 Å². The van der Waals surface area contributed by atoms with E-state index in [0.29, 0.717) is 6.54 Å². The Morgan fingerprint density at radius 1 is 1.33 bits per heavy atom. The third kappa shape index (κ3) is 1.11. The van der Waals surface area contributed by atoms with Crippen molar-refractivity contribution in [2.45, 2.75) is 6.42 Å². The van der Waals surface area contributed by atoms with Crippen LogP contribution in [0.3, 0.4) is 0 Å². The summed E-state index contributed by atoms with van der Waals surface area (Å²) >= 11 is 6.66. The van der Waals surface area contributed by atoms with E-state index in [1.165, 1.54) is 0 Å². The number of rotatable bonds is 0. The number of aromatic nitrogens is 1. The molecule has 0 bridgehead atoms. The molecule has 1 aromatic rings. The molecule has 5 heteroatoms. The first kappa shape index (κ1) is 8.31. The molecule has 1 aromatic heterocycles. The first-order valence-electron chi connectivity index (χ1n) is 3.54. The quantitative estimate of drug-likeness (QED) is 0.753. The smallest absolute Gasteiger partial charge is 0.254 e. The van der Waals surface area contributed by atoms with Crippen molar-refractivity contribution in [1.29, 1.82) is 0 Å². The minimum Gasteiger partial charge on any atom is -0.352 e. The van der Waals surface area contributed by atoms with Gasteiger partial charge in [0.15, 0.2) is 0 Å². The van der Waals surface area contributed by atoms with Crippen molar-refractivity contribution in [2.24, 2.45) is 0 Å². The highest BCUT2D eigenvalue weighted by atomic mass is 79.9. The Labute approximate surface area is 86.2 Å². The number of H-pyrrole nitrogens is 1. The number of fused-ring (bicyclic) bond motifs is 1. The van der Waals surface area contributed by atoms with Crippen molar-refractivity contribution in [3.63, 3.8) is 0 Å². The highest BCUT2D eigenvalue weighted by molar-refractivity contribution is 9.13. The van der Waals surface area contributed by atoms with Gasteiger partial charge >= 0.3 is 0 Å². The Kier molecular flexibility index (Phi) is 2.00. The van der Waals surface area contributed by atoms with Crippen LogP contribution in [0.1, 0.15) is 16.1 Å². The van der Waals surface area contributed by atoms with E-state index < -0.39 is 0 Å². The van der Waals surface area contributed by atoms with Crippen LogP contribution in [0.5, 0.6) is 0 Å². The third-order valence-corrected chi connectivity index (χ3v) is 3.78. The van der Waals surface area contributed by atoms with E-state index in [0.717, 1.165) is 26.8 Å². The molecule has 12 heavy (non-hydrogen) atoms.